The normalized spacial score (nSPS) is 31.6. The highest BCUT2D eigenvalue weighted by atomic mass is 14.4. The first kappa shape index (κ1) is 12.7. The summed E-state index contributed by atoms with van der Waals surface area (Å²) in [6.45, 7) is 0. The second-order valence-electron chi connectivity index (χ2n) is 7.33. The molecular formula is C22H22. The van der Waals surface area contributed by atoms with E-state index in [2.05, 4.69) is 60.7 Å². The summed E-state index contributed by atoms with van der Waals surface area (Å²) in [5.74, 6) is 3.17. The lowest BCUT2D eigenvalue weighted by Crippen LogP contribution is -2.33. The number of hydrogen-bond donors (Lipinski definition) is 0. The Kier molecular flexibility index (Phi) is 2.80. The van der Waals surface area contributed by atoms with Crippen molar-refractivity contribution in [2.24, 2.45) is 11.8 Å². The molecule has 0 saturated heterocycles. The Bertz CT molecular complexity index is 739. The third-order valence-corrected chi connectivity index (χ3v) is 6.33. The molecule has 22 heavy (non-hydrogen) atoms. The third kappa shape index (κ3) is 1.83. The van der Waals surface area contributed by atoms with Gasteiger partial charge in [0.05, 0.1) is 0 Å². The van der Waals surface area contributed by atoms with Gasteiger partial charge in [0, 0.05) is 0 Å². The van der Waals surface area contributed by atoms with Gasteiger partial charge in [-0.1, -0.05) is 60.7 Å². The zero-order valence-corrected chi connectivity index (χ0v) is 12.9. The molecule has 3 aliphatic carbocycles. The summed E-state index contributed by atoms with van der Waals surface area (Å²) in [7, 11) is 0. The molecule has 1 fully saturated rings. The number of allylic oxidation sites excluding steroid dienone is 1. The highest BCUT2D eigenvalue weighted by molar-refractivity contribution is 5.59. The first-order chi connectivity index (χ1) is 10.9. The Labute approximate surface area is 132 Å². The van der Waals surface area contributed by atoms with E-state index in [-0.39, 0.29) is 0 Å². The van der Waals surface area contributed by atoms with Gasteiger partial charge in [-0.15, -0.1) is 0 Å². The number of benzene rings is 2. The Morgan fingerprint density at radius 3 is 2.55 bits per heavy atom. The van der Waals surface area contributed by atoms with Crippen molar-refractivity contribution in [3.63, 3.8) is 0 Å². The van der Waals surface area contributed by atoms with Crippen molar-refractivity contribution in [3.05, 3.63) is 76.9 Å². The van der Waals surface area contributed by atoms with Gasteiger partial charge in [-0.2, -0.15) is 0 Å². The van der Waals surface area contributed by atoms with Crippen molar-refractivity contribution in [1.82, 2.24) is 0 Å². The molecule has 0 aliphatic heterocycles. The smallest absolute Gasteiger partial charge is 0.00899 e. The Balaban J connectivity index is 1.53. The molecule has 2 aromatic rings. The monoisotopic (exact) mass is 286 g/mol. The summed E-state index contributed by atoms with van der Waals surface area (Å²) in [6, 6.07) is 18.2. The van der Waals surface area contributed by atoms with Gasteiger partial charge >= 0.3 is 0 Å². The van der Waals surface area contributed by atoms with Gasteiger partial charge in [0.15, 0.2) is 0 Å². The predicted octanol–water partition coefficient (Wildman–Crippen LogP) is 5.55. The van der Waals surface area contributed by atoms with E-state index in [9.17, 15) is 0 Å². The molecule has 0 N–H and O–H groups in total. The van der Waals surface area contributed by atoms with E-state index in [1.54, 1.807) is 16.7 Å². The standard InChI is InChI=1S/C22H22/c1-3-7-19-15(5-1)9-11-17-14-22-18(13-21(17)19)12-10-16-6-2-4-8-20(16)22/h1-9,11,17-18,21-22H,10,12-14H2. The van der Waals surface area contributed by atoms with E-state index in [0.717, 1.165) is 23.7 Å². The second-order valence-corrected chi connectivity index (χ2v) is 7.33. The second kappa shape index (κ2) is 4.84. The average Bonchev–Trinajstić information content (AvgIpc) is 2.60. The largest absolute Gasteiger partial charge is 0.0802 e. The Hall–Kier alpha value is -1.82. The van der Waals surface area contributed by atoms with E-state index in [1.165, 1.54) is 31.2 Å². The van der Waals surface area contributed by atoms with Crippen molar-refractivity contribution in [2.45, 2.75) is 37.5 Å². The molecule has 0 aromatic heterocycles. The zero-order valence-electron chi connectivity index (χ0n) is 12.9. The van der Waals surface area contributed by atoms with E-state index in [0.29, 0.717) is 0 Å². The minimum absolute atomic E-state index is 0.738. The molecule has 3 aliphatic rings. The molecule has 5 rings (SSSR count). The van der Waals surface area contributed by atoms with Gasteiger partial charge in [0.25, 0.3) is 0 Å². The molecule has 2 aromatic carbocycles. The lowest BCUT2D eigenvalue weighted by molar-refractivity contribution is 0.210. The van der Waals surface area contributed by atoms with Crippen LogP contribution in [0.3, 0.4) is 0 Å². The van der Waals surface area contributed by atoms with Gasteiger partial charge in [0.1, 0.15) is 0 Å². The van der Waals surface area contributed by atoms with Crippen LogP contribution in [0, 0.1) is 11.8 Å². The molecule has 0 nitrogen and oxygen atoms in total. The summed E-state index contributed by atoms with van der Waals surface area (Å²) in [5, 5.41) is 0. The Morgan fingerprint density at radius 2 is 1.59 bits per heavy atom. The van der Waals surface area contributed by atoms with Gasteiger partial charge in [-0.3, -0.25) is 0 Å². The Morgan fingerprint density at radius 1 is 0.773 bits per heavy atom. The fourth-order valence-corrected chi connectivity index (χ4v) is 5.28. The maximum absolute atomic E-state index is 2.50. The molecule has 0 spiro atoms. The fraction of sp³-hybridized carbons (Fsp3) is 0.364. The van der Waals surface area contributed by atoms with Crippen LogP contribution in [0.5, 0.6) is 0 Å². The van der Waals surface area contributed by atoms with Crippen LogP contribution in [0.15, 0.2) is 54.6 Å². The summed E-state index contributed by atoms with van der Waals surface area (Å²) >= 11 is 0. The molecule has 4 unspecified atom stereocenters. The van der Waals surface area contributed by atoms with Crippen molar-refractivity contribution in [3.8, 4) is 0 Å². The highest BCUT2D eigenvalue weighted by Gasteiger charge is 2.41. The molecular weight excluding hydrogens is 264 g/mol. The molecule has 1 saturated carbocycles. The maximum atomic E-state index is 2.50. The van der Waals surface area contributed by atoms with Crippen molar-refractivity contribution in [1.29, 1.82) is 0 Å². The molecule has 0 radical (unpaired) electrons. The predicted molar refractivity (Wildman–Crippen MR) is 91.9 cm³/mol. The van der Waals surface area contributed by atoms with Crippen LogP contribution in [0.25, 0.3) is 6.08 Å². The van der Waals surface area contributed by atoms with Crippen LogP contribution >= 0.6 is 0 Å². The molecule has 0 amide bonds. The lowest BCUT2D eigenvalue weighted by atomic mass is 9.59. The molecule has 110 valence electrons. The van der Waals surface area contributed by atoms with Crippen LogP contribution in [-0.4, -0.2) is 0 Å². The van der Waals surface area contributed by atoms with E-state index in [1.807, 2.05) is 0 Å². The lowest BCUT2D eigenvalue weighted by Gasteiger charge is -2.45. The topological polar surface area (TPSA) is 0 Å². The fourth-order valence-electron chi connectivity index (χ4n) is 5.28. The van der Waals surface area contributed by atoms with Crippen LogP contribution in [-0.2, 0) is 6.42 Å². The van der Waals surface area contributed by atoms with Crippen LogP contribution in [0.4, 0.5) is 0 Å². The summed E-state index contributed by atoms with van der Waals surface area (Å²) in [5.41, 5.74) is 6.33. The minimum Gasteiger partial charge on any atom is -0.0802 e. The summed E-state index contributed by atoms with van der Waals surface area (Å²) in [4.78, 5) is 0. The number of fused-ring (bicyclic) bond motifs is 6. The number of hydrogen-bond acceptors (Lipinski definition) is 0. The highest BCUT2D eigenvalue weighted by Crippen LogP contribution is 2.54. The SMILES string of the molecule is C1=CC2CC3c4ccccc4CCC3CC2c2ccccc21. The van der Waals surface area contributed by atoms with Gasteiger partial charge in [-0.25, -0.2) is 0 Å². The molecule has 0 bridgehead atoms. The van der Waals surface area contributed by atoms with Gasteiger partial charge < -0.3 is 0 Å². The minimum atomic E-state index is 0.738. The van der Waals surface area contributed by atoms with Crippen LogP contribution < -0.4 is 0 Å². The van der Waals surface area contributed by atoms with Crippen molar-refractivity contribution >= 4 is 6.08 Å². The molecule has 4 atom stereocenters. The average molecular weight is 286 g/mol. The van der Waals surface area contributed by atoms with Gasteiger partial charge in [-0.05, 0) is 71.6 Å². The number of rotatable bonds is 0. The summed E-state index contributed by atoms with van der Waals surface area (Å²) in [6.07, 6.45) is 10.3. The molecule has 0 heteroatoms. The van der Waals surface area contributed by atoms with Crippen molar-refractivity contribution < 1.29 is 0 Å². The van der Waals surface area contributed by atoms with Gasteiger partial charge in [0.2, 0.25) is 0 Å². The maximum Gasteiger partial charge on any atom is -0.00899 e. The van der Waals surface area contributed by atoms with Crippen LogP contribution in [0.1, 0.15) is 53.4 Å². The first-order valence-electron chi connectivity index (χ1n) is 8.75. The van der Waals surface area contributed by atoms with Crippen molar-refractivity contribution in [2.75, 3.05) is 0 Å². The van der Waals surface area contributed by atoms with E-state index >= 15 is 0 Å². The number of aryl methyl sites for hydroxylation is 1. The van der Waals surface area contributed by atoms with E-state index in [4.69, 9.17) is 0 Å². The quantitative estimate of drug-likeness (QED) is 0.595. The van der Waals surface area contributed by atoms with Crippen LogP contribution in [0.2, 0.25) is 0 Å². The zero-order chi connectivity index (χ0) is 14.5. The third-order valence-electron chi connectivity index (χ3n) is 6.33. The molecule has 0 heterocycles. The first-order valence-corrected chi connectivity index (χ1v) is 8.75. The summed E-state index contributed by atoms with van der Waals surface area (Å²) < 4.78 is 0. The van der Waals surface area contributed by atoms with E-state index < -0.39 is 0 Å².